The van der Waals surface area contributed by atoms with Gasteiger partial charge < -0.3 is 9.88 Å². The Bertz CT molecular complexity index is 1180. The van der Waals surface area contributed by atoms with Crippen molar-refractivity contribution in [2.75, 3.05) is 4.90 Å². The second kappa shape index (κ2) is 8.23. The van der Waals surface area contributed by atoms with Gasteiger partial charge in [-0.25, -0.2) is 0 Å². The summed E-state index contributed by atoms with van der Waals surface area (Å²) in [6, 6.07) is 11.5. The van der Waals surface area contributed by atoms with Crippen LogP contribution in [0.25, 0.3) is 10.2 Å². The van der Waals surface area contributed by atoms with Crippen LogP contribution in [0.5, 0.6) is 0 Å². The number of aryl methyl sites for hydroxylation is 1. The molecule has 1 aliphatic heterocycles. The lowest BCUT2D eigenvalue weighted by Crippen LogP contribution is -2.65. The van der Waals surface area contributed by atoms with E-state index < -0.39 is 5.54 Å². The molecule has 1 saturated carbocycles. The maximum Gasteiger partial charge on any atom is 0.275 e. The third kappa shape index (κ3) is 3.54. The number of aromatic nitrogens is 1. The summed E-state index contributed by atoms with van der Waals surface area (Å²) in [5.41, 5.74) is 1.32. The third-order valence-electron chi connectivity index (χ3n) is 6.89. The van der Waals surface area contributed by atoms with E-state index in [1.54, 1.807) is 28.4 Å². The monoisotopic (exact) mass is 469 g/mol. The first kappa shape index (κ1) is 21.5. The molecule has 0 radical (unpaired) electrons. The van der Waals surface area contributed by atoms with Crippen molar-refractivity contribution in [1.29, 1.82) is 0 Å². The van der Waals surface area contributed by atoms with Gasteiger partial charge >= 0.3 is 0 Å². The van der Waals surface area contributed by atoms with Gasteiger partial charge in [0.2, 0.25) is 5.91 Å². The Hall–Kier alpha value is -2.31. The van der Waals surface area contributed by atoms with E-state index in [-0.39, 0.29) is 17.9 Å². The van der Waals surface area contributed by atoms with E-state index >= 15 is 0 Å². The summed E-state index contributed by atoms with van der Waals surface area (Å²) in [4.78, 5) is 30.6. The number of carbonyl (C=O) groups is 2. The van der Waals surface area contributed by atoms with E-state index in [4.69, 9.17) is 11.6 Å². The van der Waals surface area contributed by atoms with Crippen molar-refractivity contribution in [3.63, 3.8) is 0 Å². The number of rotatable bonds is 4. The first-order valence-electron chi connectivity index (χ1n) is 11.4. The minimum Gasteiger partial charge on any atom is -0.351 e. The lowest BCUT2D eigenvalue weighted by Gasteiger charge is -2.44. The van der Waals surface area contributed by atoms with Crippen LogP contribution in [0, 0.1) is 0 Å². The van der Waals surface area contributed by atoms with Gasteiger partial charge in [0, 0.05) is 21.6 Å². The number of benzene rings is 1. The molecule has 168 valence electrons. The van der Waals surface area contributed by atoms with Gasteiger partial charge in [0.25, 0.3) is 5.91 Å². The van der Waals surface area contributed by atoms with E-state index in [2.05, 4.69) is 18.3 Å². The van der Waals surface area contributed by atoms with E-state index in [1.165, 1.54) is 11.3 Å². The van der Waals surface area contributed by atoms with Gasteiger partial charge in [-0.3, -0.25) is 14.5 Å². The molecule has 0 unspecified atom stereocenters. The summed E-state index contributed by atoms with van der Waals surface area (Å²) in [6.45, 7) is 4.44. The number of amides is 2. The zero-order valence-electron chi connectivity index (χ0n) is 18.5. The zero-order chi connectivity index (χ0) is 22.5. The molecule has 2 aliphatic rings. The molecule has 1 aliphatic carbocycles. The highest BCUT2D eigenvalue weighted by Crippen LogP contribution is 2.39. The Morgan fingerprint density at radius 2 is 1.91 bits per heavy atom. The predicted octanol–water partition coefficient (Wildman–Crippen LogP) is 5.79. The fourth-order valence-electron chi connectivity index (χ4n) is 5.09. The minimum atomic E-state index is -1.05. The number of nitrogens with zero attached hydrogens (tertiary/aromatic N) is 2. The molecule has 0 bridgehead atoms. The van der Waals surface area contributed by atoms with Crippen LogP contribution in [-0.4, -0.2) is 28.0 Å². The highest BCUT2D eigenvalue weighted by Gasteiger charge is 2.49. The molecule has 2 amide bonds. The highest BCUT2D eigenvalue weighted by atomic mass is 35.5. The first-order valence-corrected chi connectivity index (χ1v) is 12.6. The average molecular weight is 470 g/mol. The van der Waals surface area contributed by atoms with Crippen LogP contribution in [0.2, 0.25) is 5.02 Å². The Labute approximate surface area is 197 Å². The number of hydrogen-bond acceptors (Lipinski definition) is 3. The van der Waals surface area contributed by atoms with E-state index in [0.717, 1.165) is 42.3 Å². The van der Waals surface area contributed by atoms with Crippen LogP contribution in [-0.2, 0) is 17.8 Å². The van der Waals surface area contributed by atoms with Crippen LogP contribution >= 0.6 is 22.9 Å². The summed E-state index contributed by atoms with van der Waals surface area (Å²) in [6.07, 6.45) is 6.46. The lowest BCUT2D eigenvalue weighted by molar-refractivity contribution is -0.127. The molecule has 3 heterocycles. The maximum atomic E-state index is 13.8. The topological polar surface area (TPSA) is 54.3 Å². The summed E-state index contributed by atoms with van der Waals surface area (Å²) in [5, 5.41) is 3.88. The lowest BCUT2D eigenvalue weighted by atomic mass is 9.91. The number of anilines is 1. The molecule has 1 atom stereocenters. The van der Waals surface area contributed by atoms with Crippen molar-refractivity contribution in [2.45, 2.75) is 70.5 Å². The Kier molecular flexibility index (Phi) is 5.54. The molecular weight excluding hydrogens is 442 g/mol. The standard InChI is InChI=1S/C25H28ClN3O2S/c1-3-19-13-20-22(32-19)14-21-23(30)29(18-11-9-16(26)10-12-18)25(2,15-28(20)21)24(31)27-17-7-5-4-6-8-17/h9-14,17H,3-8,15H2,1-2H3,(H,27,31)/t25-/m0/s1. The SMILES string of the molecule is CCc1cc2c(cc3n2C[C@@](C)(C(=O)NC2CCCCC2)N(c2ccc(Cl)cc2)C3=O)s1. The van der Waals surface area contributed by atoms with E-state index in [1.807, 2.05) is 29.7 Å². The molecule has 0 spiro atoms. The van der Waals surface area contributed by atoms with Crippen molar-refractivity contribution in [3.05, 3.63) is 52.0 Å². The fourth-order valence-corrected chi connectivity index (χ4v) is 6.25. The molecule has 32 heavy (non-hydrogen) atoms. The van der Waals surface area contributed by atoms with Crippen molar-refractivity contribution < 1.29 is 9.59 Å². The molecule has 2 aromatic heterocycles. The molecule has 1 fully saturated rings. The fraction of sp³-hybridized carbons (Fsp3) is 0.440. The maximum absolute atomic E-state index is 13.8. The van der Waals surface area contributed by atoms with Crippen molar-refractivity contribution in [3.8, 4) is 0 Å². The van der Waals surface area contributed by atoms with Crippen molar-refractivity contribution in [1.82, 2.24) is 9.88 Å². The van der Waals surface area contributed by atoms with Gasteiger partial charge in [-0.15, -0.1) is 11.3 Å². The quantitative estimate of drug-likeness (QED) is 0.526. The number of carbonyl (C=O) groups excluding carboxylic acids is 2. The van der Waals surface area contributed by atoms with Crippen LogP contribution in [0.1, 0.15) is 61.3 Å². The largest absolute Gasteiger partial charge is 0.351 e. The van der Waals surface area contributed by atoms with Crippen LogP contribution in [0.15, 0.2) is 36.4 Å². The number of nitrogens with one attached hydrogen (secondary N) is 1. The molecule has 5 nitrogen and oxygen atoms in total. The second-order valence-corrected chi connectivity index (χ2v) is 10.7. The van der Waals surface area contributed by atoms with Crippen LogP contribution in [0.3, 0.4) is 0 Å². The van der Waals surface area contributed by atoms with Gasteiger partial charge in [-0.05, 0) is 62.6 Å². The van der Waals surface area contributed by atoms with E-state index in [9.17, 15) is 9.59 Å². The van der Waals surface area contributed by atoms with Crippen LogP contribution in [0.4, 0.5) is 5.69 Å². The molecule has 0 saturated heterocycles. The number of hydrogen-bond donors (Lipinski definition) is 1. The summed E-state index contributed by atoms with van der Waals surface area (Å²) in [7, 11) is 0. The third-order valence-corrected chi connectivity index (χ3v) is 8.35. The first-order chi connectivity index (χ1) is 15.4. The molecular formula is C25H28ClN3O2S. The zero-order valence-corrected chi connectivity index (χ0v) is 20.1. The Balaban J connectivity index is 1.60. The Morgan fingerprint density at radius 3 is 2.59 bits per heavy atom. The number of thiophene rings is 1. The van der Waals surface area contributed by atoms with Gasteiger partial charge in [0.05, 0.1) is 16.8 Å². The van der Waals surface area contributed by atoms with Gasteiger partial charge in [-0.1, -0.05) is 37.8 Å². The molecule has 5 rings (SSSR count). The average Bonchev–Trinajstić information content (AvgIpc) is 3.34. The number of halogens is 1. The smallest absolute Gasteiger partial charge is 0.275 e. The van der Waals surface area contributed by atoms with Crippen molar-refractivity contribution in [2.24, 2.45) is 0 Å². The highest BCUT2D eigenvalue weighted by molar-refractivity contribution is 7.19. The predicted molar refractivity (Wildman–Crippen MR) is 131 cm³/mol. The van der Waals surface area contributed by atoms with Crippen molar-refractivity contribution >= 4 is 50.7 Å². The molecule has 3 aromatic rings. The van der Waals surface area contributed by atoms with Gasteiger partial charge in [-0.2, -0.15) is 0 Å². The minimum absolute atomic E-state index is 0.0915. The molecule has 1 aromatic carbocycles. The summed E-state index contributed by atoms with van der Waals surface area (Å²) < 4.78 is 3.14. The normalized spacial score (nSPS) is 21.7. The van der Waals surface area contributed by atoms with Gasteiger partial charge in [0.15, 0.2) is 0 Å². The van der Waals surface area contributed by atoms with E-state index in [0.29, 0.717) is 22.9 Å². The second-order valence-electron chi connectivity index (χ2n) is 9.13. The van der Waals surface area contributed by atoms with Gasteiger partial charge in [0.1, 0.15) is 11.2 Å². The Morgan fingerprint density at radius 1 is 1.19 bits per heavy atom. The summed E-state index contributed by atoms with van der Waals surface area (Å²) >= 11 is 7.83. The number of fused-ring (bicyclic) bond motifs is 3. The van der Waals surface area contributed by atoms with Crippen LogP contribution < -0.4 is 10.2 Å². The molecule has 1 N–H and O–H groups in total. The molecule has 7 heteroatoms. The summed E-state index contributed by atoms with van der Waals surface area (Å²) in [5.74, 6) is -0.243.